The molecule has 1 aliphatic heterocycles. The summed E-state index contributed by atoms with van der Waals surface area (Å²) in [7, 11) is 8.19. The van der Waals surface area contributed by atoms with Crippen LogP contribution in [0.15, 0.2) is 54.6 Å². The fourth-order valence-corrected chi connectivity index (χ4v) is 4.93. The molecule has 1 N–H and O–H groups in total. The molecule has 1 heterocycles. The molecule has 0 saturated carbocycles. The Morgan fingerprint density at radius 3 is 1.76 bits per heavy atom. The lowest BCUT2D eigenvalue weighted by Crippen LogP contribution is -2.33. The number of benzene rings is 3. The summed E-state index contributed by atoms with van der Waals surface area (Å²) in [5.74, 6) is 3.59. The summed E-state index contributed by atoms with van der Waals surface area (Å²) in [6.45, 7) is 4.08. The third-order valence-electron chi connectivity index (χ3n) is 6.77. The Bertz CT molecular complexity index is 1130. The van der Waals surface area contributed by atoms with E-state index >= 15 is 0 Å². The Balaban J connectivity index is 1.81. The van der Waals surface area contributed by atoms with E-state index in [-0.39, 0.29) is 6.04 Å². The molecular weight excluding hydrogens is 484 g/mol. The molecule has 1 atom stereocenters. The number of hydrogen-bond donors (Lipinski definition) is 1. The molecule has 1 fully saturated rings. The molecular formula is C30H38N2O6. The second kappa shape index (κ2) is 13.3. The van der Waals surface area contributed by atoms with Gasteiger partial charge in [-0.2, -0.15) is 0 Å². The lowest BCUT2D eigenvalue weighted by atomic mass is 9.95. The van der Waals surface area contributed by atoms with E-state index < -0.39 is 0 Å². The largest absolute Gasteiger partial charge is 0.493 e. The van der Waals surface area contributed by atoms with Gasteiger partial charge in [-0.25, -0.2) is 0 Å². The number of rotatable bonds is 11. The predicted molar refractivity (Wildman–Crippen MR) is 147 cm³/mol. The summed E-state index contributed by atoms with van der Waals surface area (Å²) in [5, 5.41) is 3.50. The summed E-state index contributed by atoms with van der Waals surface area (Å²) in [6.07, 6.45) is 1.04. The van der Waals surface area contributed by atoms with Crippen LogP contribution in [0.5, 0.6) is 34.5 Å². The third-order valence-corrected chi connectivity index (χ3v) is 6.77. The quantitative estimate of drug-likeness (QED) is 0.389. The summed E-state index contributed by atoms with van der Waals surface area (Å²) in [6, 6.07) is 18.0. The van der Waals surface area contributed by atoms with Gasteiger partial charge in [0.1, 0.15) is 6.61 Å². The highest BCUT2D eigenvalue weighted by Crippen LogP contribution is 2.46. The standard InChI is InChI=1S/C30H38N2O6/c1-33-24-16-22(17-25(34-2)29(24)37-5)28(32-14-9-12-31-13-15-32)23-18-26(35-3)30(27(19-23)36-4)38-20-21-10-7-6-8-11-21/h6-8,10-11,16-19,28,31H,9,12-15,20H2,1-5H3. The van der Waals surface area contributed by atoms with Crippen LogP contribution >= 0.6 is 0 Å². The fraction of sp³-hybridized carbons (Fsp3) is 0.400. The zero-order valence-electron chi connectivity index (χ0n) is 22.9. The van der Waals surface area contributed by atoms with Crippen LogP contribution in [0.3, 0.4) is 0 Å². The van der Waals surface area contributed by atoms with Crippen LogP contribution in [-0.4, -0.2) is 66.6 Å². The van der Waals surface area contributed by atoms with Gasteiger partial charge in [-0.3, -0.25) is 4.90 Å². The zero-order valence-corrected chi connectivity index (χ0v) is 22.9. The van der Waals surface area contributed by atoms with Crippen molar-refractivity contribution in [2.45, 2.75) is 19.1 Å². The van der Waals surface area contributed by atoms with Crippen LogP contribution in [0.25, 0.3) is 0 Å². The Kier molecular flexibility index (Phi) is 9.56. The molecule has 4 rings (SSSR count). The highest BCUT2D eigenvalue weighted by Gasteiger charge is 2.29. The lowest BCUT2D eigenvalue weighted by molar-refractivity contribution is 0.236. The number of methoxy groups -OCH3 is 5. The molecule has 8 heteroatoms. The van der Waals surface area contributed by atoms with Crippen molar-refractivity contribution in [1.29, 1.82) is 0 Å². The van der Waals surface area contributed by atoms with Crippen molar-refractivity contribution in [2.75, 3.05) is 61.7 Å². The van der Waals surface area contributed by atoms with Crippen molar-refractivity contribution in [2.24, 2.45) is 0 Å². The molecule has 1 saturated heterocycles. The molecule has 1 unspecified atom stereocenters. The van der Waals surface area contributed by atoms with Crippen molar-refractivity contribution in [3.05, 3.63) is 71.3 Å². The van der Waals surface area contributed by atoms with E-state index in [9.17, 15) is 0 Å². The van der Waals surface area contributed by atoms with E-state index in [0.29, 0.717) is 41.1 Å². The molecule has 8 nitrogen and oxygen atoms in total. The van der Waals surface area contributed by atoms with Gasteiger partial charge in [-0.05, 0) is 53.9 Å². The molecule has 3 aromatic carbocycles. The SMILES string of the molecule is COc1cc(C(c2cc(OC)c(OCc3ccccc3)c(OC)c2)N2CCCNCC2)cc(OC)c1OC. The fourth-order valence-electron chi connectivity index (χ4n) is 4.93. The maximum absolute atomic E-state index is 6.22. The van der Waals surface area contributed by atoms with Gasteiger partial charge in [0, 0.05) is 19.6 Å². The first-order valence-corrected chi connectivity index (χ1v) is 12.8. The van der Waals surface area contributed by atoms with Crippen LogP contribution in [0, 0.1) is 0 Å². The maximum atomic E-state index is 6.22. The highest BCUT2D eigenvalue weighted by atomic mass is 16.5. The van der Waals surface area contributed by atoms with Crippen molar-refractivity contribution in [1.82, 2.24) is 10.2 Å². The summed E-state index contributed by atoms with van der Waals surface area (Å²) < 4.78 is 34.9. The minimum absolute atomic E-state index is 0.116. The van der Waals surface area contributed by atoms with Crippen LogP contribution < -0.4 is 33.7 Å². The Morgan fingerprint density at radius 2 is 1.24 bits per heavy atom. The smallest absolute Gasteiger partial charge is 0.203 e. The summed E-state index contributed by atoms with van der Waals surface area (Å²) in [4.78, 5) is 2.46. The van der Waals surface area contributed by atoms with Gasteiger partial charge in [-0.1, -0.05) is 30.3 Å². The average molecular weight is 523 g/mol. The Morgan fingerprint density at radius 1 is 0.684 bits per heavy atom. The molecule has 0 radical (unpaired) electrons. The molecule has 1 aliphatic rings. The molecule has 0 spiro atoms. The first-order chi connectivity index (χ1) is 18.6. The second-order valence-corrected chi connectivity index (χ2v) is 9.03. The number of ether oxygens (including phenoxy) is 6. The molecule has 0 bridgehead atoms. The van der Waals surface area contributed by atoms with Crippen molar-refractivity contribution in [3.8, 4) is 34.5 Å². The minimum Gasteiger partial charge on any atom is -0.493 e. The molecule has 0 aromatic heterocycles. The lowest BCUT2D eigenvalue weighted by Gasteiger charge is -2.32. The monoisotopic (exact) mass is 522 g/mol. The van der Waals surface area contributed by atoms with E-state index in [1.54, 1.807) is 35.5 Å². The van der Waals surface area contributed by atoms with Crippen molar-refractivity contribution >= 4 is 0 Å². The Hall–Kier alpha value is -3.62. The molecule has 38 heavy (non-hydrogen) atoms. The maximum Gasteiger partial charge on any atom is 0.203 e. The van der Waals surface area contributed by atoms with Crippen LogP contribution in [0.4, 0.5) is 0 Å². The number of hydrogen-bond acceptors (Lipinski definition) is 8. The van der Waals surface area contributed by atoms with Gasteiger partial charge in [0.05, 0.1) is 41.6 Å². The zero-order chi connectivity index (χ0) is 26.9. The van der Waals surface area contributed by atoms with Gasteiger partial charge in [0.2, 0.25) is 11.5 Å². The summed E-state index contributed by atoms with van der Waals surface area (Å²) in [5.41, 5.74) is 3.10. The molecule has 0 aliphatic carbocycles. The van der Waals surface area contributed by atoms with Crippen LogP contribution in [-0.2, 0) is 6.61 Å². The molecule has 0 amide bonds. The van der Waals surface area contributed by atoms with Gasteiger partial charge in [-0.15, -0.1) is 0 Å². The summed E-state index contributed by atoms with van der Waals surface area (Å²) >= 11 is 0. The van der Waals surface area contributed by atoms with Gasteiger partial charge in [0.25, 0.3) is 0 Å². The highest BCUT2D eigenvalue weighted by molar-refractivity contribution is 5.58. The molecule has 204 valence electrons. The normalized spacial score (nSPS) is 14.8. The van der Waals surface area contributed by atoms with E-state index in [1.165, 1.54) is 0 Å². The average Bonchev–Trinajstić information content (AvgIpc) is 3.25. The first kappa shape index (κ1) is 27.4. The predicted octanol–water partition coefficient (Wildman–Crippen LogP) is 4.69. The van der Waals surface area contributed by atoms with Gasteiger partial charge >= 0.3 is 0 Å². The van der Waals surface area contributed by atoms with Gasteiger partial charge < -0.3 is 33.7 Å². The van der Waals surface area contributed by atoms with E-state index in [1.807, 2.05) is 54.6 Å². The second-order valence-electron chi connectivity index (χ2n) is 9.03. The van der Waals surface area contributed by atoms with Gasteiger partial charge in [0.15, 0.2) is 23.0 Å². The van der Waals surface area contributed by atoms with E-state index in [0.717, 1.165) is 49.3 Å². The Labute approximate surface area is 225 Å². The third kappa shape index (κ3) is 6.09. The van der Waals surface area contributed by atoms with E-state index in [2.05, 4.69) is 10.2 Å². The van der Waals surface area contributed by atoms with Crippen LogP contribution in [0.1, 0.15) is 29.2 Å². The molecule has 3 aromatic rings. The number of nitrogens with one attached hydrogen (secondary N) is 1. The number of nitrogens with zero attached hydrogens (tertiary/aromatic N) is 1. The topological polar surface area (TPSA) is 70.7 Å². The minimum atomic E-state index is -0.116. The van der Waals surface area contributed by atoms with Crippen molar-refractivity contribution < 1.29 is 28.4 Å². The van der Waals surface area contributed by atoms with E-state index in [4.69, 9.17) is 28.4 Å². The van der Waals surface area contributed by atoms with Crippen molar-refractivity contribution in [3.63, 3.8) is 0 Å². The first-order valence-electron chi connectivity index (χ1n) is 12.8. The van der Waals surface area contributed by atoms with Crippen LogP contribution in [0.2, 0.25) is 0 Å².